The monoisotopic (exact) mass is 259 g/mol. The summed E-state index contributed by atoms with van der Waals surface area (Å²) in [5.74, 6) is -0.912. The zero-order valence-corrected chi connectivity index (χ0v) is 10.8. The molecule has 100 valence electrons. The number of nitrogens with zero attached hydrogens (tertiary/aromatic N) is 2. The van der Waals surface area contributed by atoms with Gasteiger partial charge in [0, 0.05) is 19.8 Å². The van der Waals surface area contributed by atoms with Gasteiger partial charge in [0.15, 0.2) is 0 Å². The van der Waals surface area contributed by atoms with Gasteiger partial charge in [-0.2, -0.15) is 5.10 Å². The Morgan fingerprint density at radius 2 is 2.11 bits per heavy atom. The third kappa shape index (κ3) is 2.51. The summed E-state index contributed by atoms with van der Waals surface area (Å²) in [6, 6.07) is 9.11. The van der Waals surface area contributed by atoms with E-state index in [0.29, 0.717) is 12.0 Å². The summed E-state index contributed by atoms with van der Waals surface area (Å²) >= 11 is 0. The highest BCUT2D eigenvalue weighted by Crippen LogP contribution is 2.28. The standard InChI is InChI=1S/C14H17N3O2/c1-17-9-11(8-16-17)7-14(10-15,13(18)19)12-5-3-2-4-6-12/h2-6,8-9H,7,10,15H2,1H3,(H,18,19). The molecule has 1 atom stereocenters. The van der Waals surface area contributed by atoms with Crippen molar-refractivity contribution in [2.75, 3.05) is 6.54 Å². The van der Waals surface area contributed by atoms with Crippen molar-refractivity contribution in [3.63, 3.8) is 0 Å². The first-order chi connectivity index (χ1) is 9.08. The third-order valence-corrected chi connectivity index (χ3v) is 3.35. The number of hydrogen-bond acceptors (Lipinski definition) is 3. The minimum atomic E-state index is -1.11. The van der Waals surface area contributed by atoms with Gasteiger partial charge in [-0.25, -0.2) is 0 Å². The molecule has 5 nitrogen and oxygen atoms in total. The zero-order valence-electron chi connectivity index (χ0n) is 10.8. The molecule has 0 spiro atoms. The van der Waals surface area contributed by atoms with Gasteiger partial charge in [0.1, 0.15) is 5.41 Å². The van der Waals surface area contributed by atoms with Gasteiger partial charge in [-0.3, -0.25) is 9.48 Å². The van der Waals surface area contributed by atoms with Gasteiger partial charge >= 0.3 is 5.97 Å². The second-order valence-electron chi connectivity index (χ2n) is 4.66. The van der Waals surface area contributed by atoms with E-state index in [-0.39, 0.29) is 6.54 Å². The number of aromatic nitrogens is 2. The van der Waals surface area contributed by atoms with Crippen LogP contribution in [0.3, 0.4) is 0 Å². The molecule has 1 aromatic carbocycles. The van der Waals surface area contributed by atoms with Crippen LogP contribution >= 0.6 is 0 Å². The van der Waals surface area contributed by atoms with Crippen molar-refractivity contribution < 1.29 is 9.90 Å². The Morgan fingerprint density at radius 1 is 1.42 bits per heavy atom. The highest BCUT2D eigenvalue weighted by molar-refractivity contribution is 5.82. The molecule has 0 aliphatic rings. The number of carbonyl (C=O) groups is 1. The van der Waals surface area contributed by atoms with Gasteiger partial charge in [-0.05, 0) is 17.5 Å². The number of aliphatic carboxylic acids is 1. The van der Waals surface area contributed by atoms with Gasteiger partial charge in [-0.15, -0.1) is 0 Å². The average Bonchev–Trinajstić information content (AvgIpc) is 2.82. The number of carboxylic acid groups (broad SMARTS) is 1. The lowest BCUT2D eigenvalue weighted by Gasteiger charge is -2.28. The van der Waals surface area contributed by atoms with Crippen molar-refractivity contribution in [3.8, 4) is 0 Å². The van der Waals surface area contributed by atoms with E-state index in [0.717, 1.165) is 5.56 Å². The molecule has 0 saturated heterocycles. The molecule has 0 aliphatic heterocycles. The maximum atomic E-state index is 11.8. The summed E-state index contributed by atoms with van der Waals surface area (Å²) in [5, 5.41) is 13.7. The molecule has 1 heterocycles. The van der Waals surface area contributed by atoms with Gasteiger partial charge in [-0.1, -0.05) is 30.3 Å². The van der Waals surface area contributed by atoms with E-state index in [4.69, 9.17) is 5.73 Å². The minimum absolute atomic E-state index is 0.0429. The Morgan fingerprint density at radius 3 is 2.58 bits per heavy atom. The van der Waals surface area contributed by atoms with Gasteiger partial charge in [0.05, 0.1) is 6.20 Å². The van der Waals surface area contributed by atoms with Crippen molar-refractivity contribution in [1.29, 1.82) is 0 Å². The number of benzene rings is 1. The van der Waals surface area contributed by atoms with Crippen molar-refractivity contribution in [3.05, 3.63) is 53.9 Å². The zero-order chi connectivity index (χ0) is 13.9. The maximum Gasteiger partial charge on any atom is 0.315 e. The van der Waals surface area contributed by atoms with E-state index in [1.54, 1.807) is 30.1 Å². The fourth-order valence-corrected chi connectivity index (χ4v) is 2.25. The van der Waals surface area contributed by atoms with Crippen LogP contribution in [0, 0.1) is 0 Å². The SMILES string of the molecule is Cn1cc(CC(CN)(C(=O)O)c2ccccc2)cn1. The van der Waals surface area contributed by atoms with Crippen LogP contribution in [0.25, 0.3) is 0 Å². The van der Waals surface area contributed by atoms with E-state index < -0.39 is 11.4 Å². The van der Waals surface area contributed by atoms with E-state index >= 15 is 0 Å². The predicted octanol–water partition coefficient (Wildman–Crippen LogP) is 0.944. The van der Waals surface area contributed by atoms with Crippen molar-refractivity contribution >= 4 is 5.97 Å². The quantitative estimate of drug-likeness (QED) is 0.837. The van der Waals surface area contributed by atoms with E-state index in [1.165, 1.54) is 0 Å². The molecule has 19 heavy (non-hydrogen) atoms. The molecule has 0 fully saturated rings. The molecule has 1 unspecified atom stereocenters. The Bertz CT molecular complexity index is 565. The van der Waals surface area contributed by atoms with Gasteiger partial charge in [0.25, 0.3) is 0 Å². The molecule has 0 amide bonds. The normalized spacial score (nSPS) is 14.0. The molecule has 3 N–H and O–H groups in total. The maximum absolute atomic E-state index is 11.8. The first kappa shape index (κ1) is 13.3. The summed E-state index contributed by atoms with van der Waals surface area (Å²) in [7, 11) is 1.80. The van der Waals surface area contributed by atoms with Crippen molar-refractivity contribution in [2.45, 2.75) is 11.8 Å². The summed E-state index contributed by atoms with van der Waals surface area (Å²) in [6.45, 7) is 0.0429. The Balaban J connectivity index is 2.43. The first-order valence-corrected chi connectivity index (χ1v) is 6.05. The van der Waals surface area contributed by atoms with Crippen molar-refractivity contribution in [2.24, 2.45) is 12.8 Å². The van der Waals surface area contributed by atoms with Crippen LogP contribution < -0.4 is 5.73 Å². The minimum Gasteiger partial charge on any atom is -0.481 e. The van der Waals surface area contributed by atoms with Gasteiger partial charge in [0.2, 0.25) is 0 Å². The van der Waals surface area contributed by atoms with Crippen LogP contribution in [0.4, 0.5) is 0 Å². The largest absolute Gasteiger partial charge is 0.481 e. The van der Waals surface area contributed by atoms with Gasteiger partial charge < -0.3 is 10.8 Å². The molecule has 0 saturated carbocycles. The first-order valence-electron chi connectivity index (χ1n) is 6.05. The van der Waals surface area contributed by atoms with E-state index in [2.05, 4.69) is 5.10 Å². The summed E-state index contributed by atoms with van der Waals surface area (Å²) in [5.41, 5.74) is 6.26. The molecule has 0 radical (unpaired) electrons. The van der Waals surface area contributed by atoms with Crippen LogP contribution in [0.5, 0.6) is 0 Å². The summed E-state index contributed by atoms with van der Waals surface area (Å²) in [6.07, 6.45) is 3.82. The molecular formula is C14H17N3O2. The fraction of sp³-hybridized carbons (Fsp3) is 0.286. The molecule has 2 aromatic rings. The third-order valence-electron chi connectivity index (χ3n) is 3.35. The average molecular weight is 259 g/mol. The van der Waals surface area contributed by atoms with E-state index in [1.807, 2.05) is 24.4 Å². The molecule has 2 rings (SSSR count). The Kier molecular flexibility index (Phi) is 3.66. The number of nitrogens with two attached hydrogens (primary N) is 1. The lowest BCUT2D eigenvalue weighted by molar-refractivity contribution is -0.143. The number of hydrogen-bond donors (Lipinski definition) is 2. The van der Waals surface area contributed by atoms with Crippen LogP contribution in [0.15, 0.2) is 42.7 Å². The second-order valence-corrected chi connectivity index (χ2v) is 4.66. The van der Waals surface area contributed by atoms with Crippen LogP contribution in [0.2, 0.25) is 0 Å². The topological polar surface area (TPSA) is 81.1 Å². The highest BCUT2D eigenvalue weighted by atomic mass is 16.4. The highest BCUT2D eigenvalue weighted by Gasteiger charge is 2.39. The van der Waals surface area contributed by atoms with Crippen LogP contribution in [-0.4, -0.2) is 27.4 Å². The smallest absolute Gasteiger partial charge is 0.315 e. The molecule has 0 bridgehead atoms. The number of rotatable bonds is 5. The van der Waals surface area contributed by atoms with E-state index in [9.17, 15) is 9.90 Å². The summed E-state index contributed by atoms with van der Waals surface area (Å²) in [4.78, 5) is 11.8. The van der Waals surface area contributed by atoms with Crippen LogP contribution in [-0.2, 0) is 23.7 Å². The lowest BCUT2D eigenvalue weighted by Crippen LogP contribution is -2.44. The molecule has 5 heteroatoms. The lowest BCUT2D eigenvalue weighted by atomic mass is 9.76. The molecular weight excluding hydrogens is 242 g/mol. The number of carboxylic acids is 1. The second kappa shape index (κ2) is 5.24. The summed E-state index contributed by atoms with van der Waals surface area (Å²) < 4.78 is 1.66. The predicted molar refractivity (Wildman–Crippen MR) is 71.7 cm³/mol. The van der Waals surface area contributed by atoms with Crippen molar-refractivity contribution in [1.82, 2.24) is 9.78 Å². The fourth-order valence-electron chi connectivity index (χ4n) is 2.25. The Labute approximate surface area is 111 Å². The molecule has 0 aliphatic carbocycles. The molecule has 1 aromatic heterocycles. The number of aryl methyl sites for hydroxylation is 1. The van der Waals surface area contributed by atoms with Crippen LogP contribution in [0.1, 0.15) is 11.1 Å². The Hall–Kier alpha value is -2.14.